The predicted molar refractivity (Wildman–Crippen MR) is 58.2 cm³/mol. The maximum atomic E-state index is 11.7. The predicted octanol–water partition coefficient (Wildman–Crippen LogP) is 0.317. The molecule has 86 valence electrons. The minimum Gasteiger partial charge on any atom is -0.508 e. The summed E-state index contributed by atoms with van der Waals surface area (Å²) in [6.07, 6.45) is 1.51. The van der Waals surface area contributed by atoms with Crippen LogP contribution in [0.15, 0.2) is 18.2 Å². The number of nitrogens with one attached hydrogen (secondary N) is 1. The minimum absolute atomic E-state index is 0.0479. The highest BCUT2D eigenvalue weighted by molar-refractivity contribution is 5.97. The maximum Gasteiger partial charge on any atom is 0.255 e. The van der Waals surface area contributed by atoms with Crippen LogP contribution in [0, 0.1) is 0 Å². The van der Waals surface area contributed by atoms with Crippen LogP contribution in [-0.2, 0) is 0 Å². The Hall–Kier alpha value is -1.75. The van der Waals surface area contributed by atoms with Gasteiger partial charge in [-0.1, -0.05) is 0 Å². The lowest BCUT2D eigenvalue weighted by atomic mass is 9.87. The van der Waals surface area contributed by atoms with E-state index in [0.29, 0.717) is 0 Å². The summed E-state index contributed by atoms with van der Waals surface area (Å²) >= 11 is 0. The first-order chi connectivity index (χ1) is 7.56. The monoisotopic (exact) mass is 222 g/mol. The van der Waals surface area contributed by atoms with Gasteiger partial charge in [-0.3, -0.25) is 4.79 Å². The number of carbonyl (C=O) groups excluding carboxylic acids is 1. The van der Waals surface area contributed by atoms with E-state index in [4.69, 9.17) is 5.73 Å². The normalized spacial score (nSPS) is 23.6. The maximum absolute atomic E-state index is 11.7. The van der Waals surface area contributed by atoms with E-state index in [1.165, 1.54) is 18.2 Å². The van der Waals surface area contributed by atoms with Gasteiger partial charge in [0.25, 0.3) is 5.91 Å². The van der Waals surface area contributed by atoms with Crippen molar-refractivity contribution < 1.29 is 15.0 Å². The second-order valence-corrected chi connectivity index (χ2v) is 4.10. The number of amides is 1. The summed E-state index contributed by atoms with van der Waals surface area (Å²) in [7, 11) is 0. The average molecular weight is 222 g/mol. The highest BCUT2D eigenvalue weighted by atomic mass is 16.3. The molecule has 5 heteroatoms. The average Bonchev–Trinajstić information content (AvgIpc) is 2.19. The molecule has 0 atom stereocenters. The zero-order valence-corrected chi connectivity index (χ0v) is 8.68. The van der Waals surface area contributed by atoms with E-state index in [1.807, 2.05) is 0 Å². The fraction of sp³-hybridized carbons (Fsp3) is 0.364. The van der Waals surface area contributed by atoms with Gasteiger partial charge in [-0.15, -0.1) is 0 Å². The Labute approximate surface area is 92.9 Å². The lowest BCUT2D eigenvalue weighted by molar-refractivity contribution is 0.0907. The van der Waals surface area contributed by atoms with Gasteiger partial charge in [0.05, 0.1) is 5.56 Å². The number of carbonyl (C=O) groups is 1. The van der Waals surface area contributed by atoms with Crippen molar-refractivity contribution in [1.82, 2.24) is 5.32 Å². The molecule has 0 heterocycles. The van der Waals surface area contributed by atoms with E-state index in [-0.39, 0.29) is 35.1 Å². The molecule has 16 heavy (non-hydrogen) atoms. The van der Waals surface area contributed by atoms with Crippen molar-refractivity contribution in [2.45, 2.75) is 24.9 Å². The van der Waals surface area contributed by atoms with Crippen molar-refractivity contribution in [1.29, 1.82) is 0 Å². The first kappa shape index (κ1) is 10.8. The Morgan fingerprint density at radius 1 is 1.38 bits per heavy atom. The second kappa shape index (κ2) is 4.02. The van der Waals surface area contributed by atoms with Crippen LogP contribution in [0.25, 0.3) is 0 Å². The van der Waals surface area contributed by atoms with Crippen LogP contribution in [0.1, 0.15) is 23.2 Å². The third kappa shape index (κ3) is 2.09. The highest BCUT2D eigenvalue weighted by Crippen LogP contribution is 2.23. The molecular formula is C11H14N2O3. The number of aromatic hydroxyl groups is 2. The van der Waals surface area contributed by atoms with E-state index in [1.54, 1.807) is 0 Å². The Bertz CT molecular complexity index is 414. The molecule has 1 aliphatic rings. The molecule has 0 saturated heterocycles. The Morgan fingerprint density at radius 2 is 2.06 bits per heavy atom. The fourth-order valence-electron chi connectivity index (χ4n) is 1.75. The third-order valence-electron chi connectivity index (χ3n) is 2.73. The Kier molecular flexibility index (Phi) is 2.70. The van der Waals surface area contributed by atoms with Crippen molar-refractivity contribution in [2.24, 2.45) is 5.73 Å². The molecule has 1 aliphatic carbocycles. The zero-order valence-electron chi connectivity index (χ0n) is 8.68. The number of hydrogen-bond acceptors (Lipinski definition) is 4. The van der Waals surface area contributed by atoms with Crippen molar-refractivity contribution in [3.05, 3.63) is 23.8 Å². The number of rotatable bonds is 2. The van der Waals surface area contributed by atoms with Crippen molar-refractivity contribution >= 4 is 5.91 Å². The molecular weight excluding hydrogens is 208 g/mol. The molecule has 0 radical (unpaired) electrons. The molecule has 1 aromatic rings. The van der Waals surface area contributed by atoms with Crippen molar-refractivity contribution in [3.63, 3.8) is 0 Å². The molecule has 0 spiro atoms. The third-order valence-corrected chi connectivity index (χ3v) is 2.73. The molecule has 1 amide bonds. The van der Waals surface area contributed by atoms with Crippen LogP contribution >= 0.6 is 0 Å². The van der Waals surface area contributed by atoms with Crippen molar-refractivity contribution in [2.75, 3.05) is 0 Å². The van der Waals surface area contributed by atoms with Crippen molar-refractivity contribution in [3.8, 4) is 11.5 Å². The topological polar surface area (TPSA) is 95.6 Å². The lowest BCUT2D eigenvalue weighted by Crippen LogP contribution is -2.50. The van der Waals surface area contributed by atoms with E-state index in [0.717, 1.165) is 12.8 Å². The van der Waals surface area contributed by atoms with Gasteiger partial charge in [-0.2, -0.15) is 0 Å². The summed E-state index contributed by atoms with van der Waals surface area (Å²) in [5.41, 5.74) is 5.68. The molecule has 0 unspecified atom stereocenters. The minimum atomic E-state index is -0.384. The molecule has 1 aromatic carbocycles. The fourth-order valence-corrected chi connectivity index (χ4v) is 1.75. The number of benzene rings is 1. The van der Waals surface area contributed by atoms with Gasteiger partial charge in [0, 0.05) is 12.1 Å². The second-order valence-electron chi connectivity index (χ2n) is 4.10. The summed E-state index contributed by atoms with van der Waals surface area (Å²) in [4.78, 5) is 11.7. The summed E-state index contributed by atoms with van der Waals surface area (Å²) < 4.78 is 0. The van der Waals surface area contributed by atoms with Crippen LogP contribution < -0.4 is 11.1 Å². The van der Waals surface area contributed by atoms with Gasteiger partial charge in [0.1, 0.15) is 11.5 Å². The van der Waals surface area contributed by atoms with Crippen LogP contribution in [0.2, 0.25) is 0 Å². The lowest BCUT2D eigenvalue weighted by Gasteiger charge is -2.32. The Balaban J connectivity index is 2.05. The first-order valence-electron chi connectivity index (χ1n) is 5.14. The number of phenols is 2. The van der Waals surface area contributed by atoms with Gasteiger partial charge in [-0.25, -0.2) is 0 Å². The molecule has 0 aliphatic heterocycles. The van der Waals surface area contributed by atoms with Crippen LogP contribution in [0.3, 0.4) is 0 Å². The van der Waals surface area contributed by atoms with E-state index < -0.39 is 0 Å². The standard InChI is InChI=1S/C11H14N2O3/c12-6-3-7(4-6)13-11(16)9-5-8(14)1-2-10(9)15/h1-2,5-7,14-15H,3-4,12H2,(H,13,16). The van der Waals surface area contributed by atoms with Crippen LogP contribution in [0.5, 0.6) is 11.5 Å². The molecule has 2 rings (SSSR count). The largest absolute Gasteiger partial charge is 0.508 e. The van der Waals surface area contributed by atoms with Gasteiger partial charge < -0.3 is 21.3 Å². The van der Waals surface area contributed by atoms with Crippen LogP contribution in [-0.4, -0.2) is 28.2 Å². The SMILES string of the molecule is NC1CC(NC(=O)c2cc(O)ccc2O)C1. The summed E-state index contributed by atoms with van der Waals surface area (Å²) in [5, 5.41) is 21.4. The first-order valence-corrected chi connectivity index (χ1v) is 5.14. The summed E-state index contributed by atoms with van der Waals surface area (Å²) in [6.45, 7) is 0. The number of hydrogen-bond donors (Lipinski definition) is 4. The number of phenolic OH excluding ortho intramolecular Hbond substituents is 2. The van der Waals surface area contributed by atoms with Gasteiger partial charge >= 0.3 is 0 Å². The van der Waals surface area contributed by atoms with E-state index >= 15 is 0 Å². The molecule has 5 nitrogen and oxygen atoms in total. The summed E-state index contributed by atoms with van der Waals surface area (Å²) in [5.74, 6) is -0.572. The van der Waals surface area contributed by atoms with Gasteiger partial charge in [0.2, 0.25) is 0 Å². The molecule has 0 aromatic heterocycles. The van der Waals surface area contributed by atoms with E-state index in [2.05, 4.69) is 5.32 Å². The number of nitrogens with two attached hydrogens (primary N) is 1. The van der Waals surface area contributed by atoms with Crippen LogP contribution in [0.4, 0.5) is 0 Å². The molecule has 1 fully saturated rings. The zero-order chi connectivity index (χ0) is 11.7. The molecule has 0 bridgehead atoms. The quantitative estimate of drug-likeness (QED) is 0.542. The van der Waals surface area contributed by atoms with E-state index in [9.17, 15) is 15.0 Å². The Morgan fingerprint density at radius 3 is 2.69 bits per heavy atom. The van der Waals surface area contributed by atoms with Gasteiger partial charge in [0.15, 0.2) is 0 Å². The highest BCUT2D eigenvalue weighted by Gasteiger charge is 2.28. The smallest absolute Gasteiger partial charge is 0.255 e. The summed E-state index contributed by atoms with van der Waals surface area (Å²) in [6, 6.07) is 4.08. The molecule has 5 N–H and O–H groups in total. The van der Waals surface area contributed by atoms with Gasteiger partial charge in [-0.05, 0) is 31.0 Å². The molecule has 1 saturated carbocycles.